The molecular weight excluding hydrogens is 332 g/mol. The van der Waals surface area contributed by atoms with Crippen molar-refractivity contribution in [3.63, 3.8) is 0 Å². The minimum Gasteiger partial charge on any atom is -0.497 e. The van der Waals surface area contributed by atoms with E-state index in [9.17, 15) is 4.79 Å². The normalized spacial score (nSPS) is 10.4. The summed E-state index contributed by atoms with van der Waals surface area (Å²) in [7, 11) is 3.18. The number of nitrogens with one attached hydrogen (secondary N) is 1. The maximum absolute atomic E-state index is 12.3. The molecule has 26 heavy (non-hydrogen) atoms. The summed E-state index contributed by atoms with van der Waals surface area (Å²) in [5.41, 5.74) is 2.70. The highest BCUT2D eigenvalue weighted by Gasteiger charge is 2.10. The molecule has 1 N–H and O–H groups in total. The first-order valence-corrected chi connectivity index (χ1v) is 8.11. The molecule has 3 rings (SSSR count). The van der Waals surface area contributed by atoms with Gasteiger partial charge in [-0.05, 0) is 35.9 Å². The summed E-state index contributed by atoms with van der Waals surface area (Å²) in [6, 6.07) is 13.2. The van der Waals surface area contributed by atoms with E-state index in [2.05, 4.69) is 15.4 Å². The molecule has 0 saturated heterocycles. The number of methoxy groups -OCH3 is 2. The van der Waals surface area contributed by atoms with Crippen molar-refractivity contribution in [2.45, 2.75) is 13.0 Å². The van der Waals surface area contributed by atoms with E-state index in [0.29, 0.717) is 18.0 Å². The Hall–Kier alpha value is -3.35. The van der Waals surface area contributed by atoms with E-state index in [1.807, 2.05) is 30.3 Å². The van der Waals surface area contributed by atoms with Crippen LogP contribution < -0.4 is 14.8 Å². The van der Waals surface area contributed by atoms with Gasteiger partial charge in [-0.3, -0.25) is 4.79 Å². The van der Waals surface area contributed by atoms with Gasteiger partial charge in [0.1, 0.15) is 24.2 Å². The molecule has 0 aliphatic rings. The highest BCUT2D eigenvalue weighted by atomic mass is 16.5. The second-order valence-electron chi connectivity index (χ2n) is 5.64. The fourth-order valence-electron chi connectivity index (χ4n) is 2.56. The van der Waals surface area contributed by atoms with E-state index in [-0.39, 0.29) is 12.3 Å². The molecule has 7 nitrogen and oxygen atoms in total. The van der Waals surface area contributed by atoms with Crippen molar-refractivity contribution in [1.82, 2.24) is 20.1 Å². The van der Waals surface area contributed by atoms with Gasteiger partial charge in [0.25, 0.3) is 0 Å². The highest BCUT2D eigenvalue weighted by molar-refractivity contribution is 5.79. The lowest BCUT2D eigenvalue weighted by molar-refractivity contribution is -0.120. The molecule has 0 saturated carbocycles. The maximum atomic E-state index is 12.3. The van der Waals surface area contributed by atoms with Gasteiger partial charge in [-0.1, -0.05) is 12.1 Å². The fourth-order valence-corrected chi connectivity index (χ4v) is 2.56. The second-order valence-corrected chi connectivity index (χ2v) is 5.64. The van der Waals surface area contributed by atoms with Crippen LogP contribution in [0.2, 0.25) is 0 Å². The number of hydrogen-bond donors (Lipinski definition) is 1. The summed E-state index contributed by atoms with van der Waals surface area (Å²) >= 11 is 0. The molecule has 0 spiro atoms. The van der Waals surface area contributed by atoms with Crippen molar-refractivity contribution in [2.24, 2.45) is 0 Å². The van der Waals surface area contributed by atoms with Crippen molar-refractivity contribution in [2.75, 3.05) is 14.2 Å². The van der Waals surface area contributed by atoms with Crippen molar-refractivity contribution < 1.29 is 14.3 Å². The summed E-state index contributed by atoms with van der Waals surface area (Å²) in [4.78, 5) is 16.2. The first-order valence-electron chi connectivity index (χ1n) is 8.11. The number of rotatable bonds is 7. The smallest absolute Gasteiger partial charge is 0.224 e. The number of nitrogens with zero attached hydrogens (tertiary/aromatic N) is 3. The first kappa shape index (κ1) is 17.5. The summed E-state index contributed by atoms with van der Waals surface area (Å²) in [5.74, 6) is 1.27. The lowest BCUT2D eigenvalue weighted by Gasteiger charge is -2.11. The monoisotopic (exact) mass is 352 g/mol. The van der Waals surface area contributed by atoms with Gasteiger partial charge in [0.05, 0.1) is 26.3 Å². The molecule has 1 amide bonds. The van der Waals surface area contributed by atoms with E-state index in [1.54, 1.807) is 37.4 Å². The summed E-state index contributed by atoms with van der Waals surface area (Å²) < 4.78 is 12.2. The Morgan fingerprint density at radius 3 is 2.58 bits per heavy atom. The van der Waals surface area contributed by atoms with E-state index in [1.165, 1.54) is 6.33 Å². The minimum absolute atomic E-state index is 0.0862. The molecule has 0 bridgehead atoms. The van der Waals surface area contributed by atoms with E-state index >= 15 is 0 Å². The molecule has 0 unspecified atom stereocenters. The van der Waals surface area contributed by atoms with Gasteiger partial charge < -0.3 is 14.8 Å². The van der Waals surface area contributed by atoms with Crippen molar-refractivity contribution in [3.05, 3.63) is 66.2 Å². The van der Waals surface area contributed by atoms with Gasteiger partial charge in [0.2, 0.25) is 5.91 Å². The largest absolute Gasteiger partial charge is 0.497 e. The standard InChI is InChI=1S/C19H20N4O3/c1-25-17-7-8-18(26-2)15(9-17)10-19(24)21-11-14-3-5-16(6-4-14)23-13-20-12-22-23/h3-9,12-13H,10-11H2,1-2H3,(H,21,24). The molecule has 0 fully saturated rings. The third-order valence-electron chi connectivity index (χ3n) is 3.95. The van der Waals surface area contributed by atoms with E-state index in [4.69, 9.17) is 9.47 Å². The number of benzene rings is 2. The van der Waals surface area contributed by atoms with Gasteiger partial charge in [0, 0.05) is 12.1 Å². The zero-order valence-electron chi connectivity index (χ0n) is 14.7. The number of hydrogen-bond acceptors (Lipinski definition) is 5. The van der Waals surface area contributed by atoms with Gasteiger partial charge in [-0.25, -0.2) is 9.67 Å². The SMILES string of the molecule is COc1ccc(OC)c(CC(=O)NCc2ccc(-n3cncn3)cc2)c1. The van der Waals surface area contributed by atoms with Crippen LogP contribution in [0.3, 0.4) is 0 Å². The van der Waals surface area contributed by atoms with Crippen LogP contribution in [-0.4, -0.2) is 34.9 Å². The lowest BCUT2D eigenvalue weighted by Crippen LogP contribution is -2.24. The number of carbonyl (C=O) groups excluding carboxylic acids is 1. The Morgan fingerprint density at radius 2 is 1.92 bits per heavy atom. The zero-order chi connectivity index (χ0) is 18.4. The van der Waals surface area contributed by atoms with Gasteiger partial charge >= 0.3 is 0 Å². The molecule has 0 radical (unpaired) electrons. The predicted octanol–water partition coefficient (Wildman–Crippen LogP) is 2.14. The topological polar surface area (TPSA) is 78.3 Å². The fraction of sp³-hybridized carbons (Fsp3) is 0.211. The Kier molecular flexibility index (Phi) is 5.48. The molecule has 3 aromatic rings. The van der Waals surface area contributed by atoms with Crippen LogP contribution in [-0.2, 0) is 17.8 Å². The van der Waals surface area contributed by atoms with Crippen LogP contribution in [0.4, 0.5) is 0 Å². The van der Waals surface area contributed by atoms with Crippen molar-refractivity contribution in [1.29, 1.82) is 0 Å². The third-order valence-corrected chi connectivity index (χ3v) is 3.95. The average Bonchev–Trinajstić information content (AvgIpc) is 3.21. The Labute approximate surface area is 151 Å². The molecule has 0 aliphatic carbocycles. The molecule has 7 heteroatoms. The molecular formula is C19H20N4O3. The van der Waals surface area contributed by atoms with E-state index in [0.717, 1.165) is 16.8 Å². The first-order chi connectivity index (χ1) is 12.7. The third kappa shape index (κ3) is 4.18. The van der Waals surface area contributed by atoms with Crippen LogP contribution in [0.5, 0.6) is 11.5 Å². The summed E-state index contributed by atoms with van der Waals surface area (Å²) in [6.45, 7) is 0.447. The number of carbonyl (C=O) groups is 1. The van der Waals surface area contributed by atoms with Crippen LogP contribution >= 0.6 is 0 Å². The lowest BCUT2D eigenvalue weighted by atomic mass is 10.1. The van der Waals surface area contributed by atoms with Crippen molar-refractivity contribution in [3.8, 4) is 17.2 Å². The molecule has 134 valence electrons. The predicted molar refractivity (Wildman–Crippen MR) is 96.5 cm³/mol. The molecule has 1 heterocycles. The van der Waals surface area contributed by atoms with Crippen LogP contribution in [0.1, 0.15) is 11.1 Å². The van der Waals surface area contributed by atoms with E-state index < -0.39 is 0 Å². The van der Waals surface area contributed by atoms with Gasteiger partial charge in [-0.2, -0.15) is 5.10 Å². The van der Waals surface area contributed by atoms with Gasteiger partial charge in [-0.15, -0.1) is 0 Å². The second kappa shape index (κ2) is 8.15. The average molecular weight is 352 g/mol. The van der Waals surface area contributed by atoms with Crippen molar-refractivity contribution >= 4 is 5.91 Å². The Bertz CT molecular complexity index is 861. The molecule has 2 aromatic carbocycles. The van der Waals surface area contributed by atoms with Crippen LogP contribution in [0, 0.1) is 0 Å². The van der Waals surface area contributed by atoms with Crippen LogP contribution in [0.25, 0.3) is 5.69 Å². The molecule has 1 aromatic heterocycles. The molecule has 0 atom stereocenters. The Balaban J connectivity index is 1.59. The van der Waals surface area contributed by atoms with Crippen LogP contribution in [0.15, 0.2) is 55.1 Å². The summed E-state index contributed by atoms with van der Waals surface area (Å²) in [6.07, 6.45) is 3.34. The molecule has 0 aliphatic heterocycles. The summed E-state index contributed by atoms with van der Waals surface area (Å²) in [5, 5.41) is 7.00. The zero-order valence-corrected chi connectivity index (χ0v) is 14.7. The van der Waals surface area contributed by atoms with Gasteiger partial charge in [0.15, 0.2) is 0 Å². The minimum atomic E-state index is -0.0862. The number of ether oxygens (including phenoxy) is 2. The number of amides is 1. The quantitative estimate of drug-likeness (QED) is 0.705. The maximum Gasteiger partial charge on any atom is 0.224 e. The highest BCUT2D eigenvalue weighted by Crippen LogP contribution is 2.24. The Morgan fingerprint density at radius 1 is 1.12 bits per heavy atom. The number of aromatic nitrogens is 3.